The molecule has 1 aromatic carbocycles. The predicted molar refractivity (Wildman–Crippen MR) is 84.5 cm³/mol. The first kappa shape index (κ1) is 15.6. The Kier molecular flexibility index (Phi) is 3.72. The smallest absolute Gasteiger partial charge is 0.276 e. The van der Waals surface area contributed by atoms with Crippen LogP contribution in [0.5, 0.6) is 0 Å². The van der Waals surface area contributed by atoms with E-state index in [1.54, 1.807) is 28.2 Å². The van der Waals surface area contributed by atoms with Gasteiger partial charge in [0.2, 0.25) is 5.82 Å². The van der Waals surface area contributed by atoms with Crippen LogP contribution in [-0.4, -0.2) is 50.9 Å². The van der Waals surface area contributed by atoms with Crippen LogP contribution in [-0.2, 0) is 14.1 Å². The van der Waals surface area contributed by atoms with Crippen LogP contribution in [0.2, 0.25) is 0 Å². The van der Waals surface area contributed by atoms with Crippen LogP contribution in [0.4, 0.5) is 4.79 Å². The average molecular weight is 329 g/mol. The summed E-state index contributed by atoms with van der Waals surface area (Å²) < 4.78 is 2.46. The molecule has 0 fully saturated rings. The Morgan fingerprint density at radius 3 is 2.50 bits per heavy atom. The first-order valence-electron chi connectivity index (χ1n) is 7.16. The summed E-state index contributed by atoms with van der Waals surface area (Å²) in [4.78, 5) is 23.4. The molecule has 0 unspecified atom stereocenters. The molecular formula is C14H17N8O2+. The second-order valence-corrected chi connectivity index (χ2v) is 5.36. The van der Waals surface area contributed by atoms with Crippen molar-refractivity contribution in [1.29, 1.82) is 0 Å². The van der Waals surface area contributed by atoms with Crippen molar-refractivity contribution in [3.8, 4) is 11.4 Å². The van der Waals surface area contributed by atoms with Gasteiger partial charge < -0.3 is 0 Å². The lowest BCUT2D eigenvalue weighted by Gasteiger charge is -2.29. The lowest BCUT2D eigenvalue weighted by atomic mass is 10.1. The fourth-order valence-corrected chi connectivity index (χ4v) is 2.28. The van der Waals surface area contributed by atoms with Crippen molar-refractivity contribution in [2.24, 2.45) is 19.2 Å². The molecule has 0 saturated heterocycles. The third kappa shape index (κ3) is 2.69. The number of urea groups is 1. The maximum atomic E-state index is 11.7. The minimum Gasteiger partial charge on any atom is -0.276 e. The van der Waals surface area contributed by atoms with Gasteiger partial charge in [-0.1, -0.05) is 37.8 Å². The van der Waals surface area contributed by atoms with Crippen molar-refractivity contribution in [3.63, 3.8) is 0 Å². The normalized spacial score (nSPS) is 14.5. The van der Waals surface area contributed by atoms with Crippen molar-refractivity contribution in [1.82, 2.24) is 30.3 Å². The quantitative estimate of drug-likeness (QED) is 0.700. The topological polar surface area (TPSA) is 99.6 Å². The number of carbonyl (C=O) groups excluding carboxylic acids is 1. The van der Waals surface area contributed by atoms with Crippen LogP contribution in [0.3, 0.4) is 0 Å². The number of hydrogen-bond acceptors (Lipinski definition) is 6. The van der Waals surface area contributed by atoms with Crippen LogP contribution < -0.4 is 15.8 Å². The highest BCUT2D eigenvalue weighted by Crippen LogP contribution is 2.16. The molecule has 10 nitrogen and oxygen atoms in total. The molecule has 2 aromatic rings. The monoisotopic (exact) mass is 329 g/mol. The van der Waals surface area contributed by atoms with Crippen LogP contribution in [0.25, 0.3) is 11.4 Å². The van der Waals surface area contributed by atoms with Gasteiger partial charge in [0.1, 0.15) is 14.1 Å². The van der Waals surface area contributed by atoms with E-state index in [2.05, 4.69) is 20.7 Å². The Bertz CT molecular complexity index is 878. The van der Waals surface area contributed by atoms with Crippen molar-refractivity contribution in [2.75, 3.05) is 14.1 Å². The van der Waals surface area contributed by atoms with E-state index in [0.717, 1.165) is 11.1 Å². The van der Waals surface area contributed by atoms with Gasteiger partial charge in [0, 0.05) is 25.2 Å². The van der Waals surface area contributed by atoms with Gasteiger partial charge in [0.25, 0.3) is 0 Å². The number of benzene rings is 1. The predicted octanol–water partition coefficient (Wildman–Crippen LogP) is -1.17. The molecule has 0 aliphatic carbocycles. The fraction of sp³-hybridized carbons (Fsp3) is 0.286. The lowest BCUT2D eigenvalue weighted by Crippen LogP contribution is -2.55. The molecule has 0 bridgehead atoms. The largest absolute Gasteiger partial charge is 0.539 e. The molecule has 1 aliphatic heterocycles. The van der Waals surface area contributed by atoms with Gasteiger partial charge in [0.05, 0.1) is 0 Å². The molecule has 0 radical (unpaired) electrons. The summed E-state index contributed by atoms with van der Waals surface area (Å²) >= 11 is 0. The number of hydrazone groups is 1. The number of amides is 2. The maximum Gasteiger partial charge on any atom is 0.539 e. The van der Waals surface area contributed by atoms with E-state index in [1.807, 2.05) is 24.3 Å². The SMILES string of the molecule is CN1N=C(c2cccc(-c3nn(C)c(=O)[n+](C)n3)c2)NN(C)C1=O. The number of aromatic nitrogens is 4. The number of rotatable bonds is 2. The fourth-order valence-electron chi connectivity index (χ4n) is 2.28. The minimum absolute atomic E-state index is 0.261. The van der Waals surface area contributed by atoms with E-state index in [9.17, 15) is 9.59 Å². The van der Waals surface area contributed by atoms with Crippen LogP contribution >= 0.6 is 0 Å². The average Bonchev–Trinajstić information content (AvgIpc) is 2.56. The van der Waals surface area contributed by atoms with Gasteiger partial charge in [-0.2, -0.15) is 4.79 Å². The Hall–Kier alpha value is -3.30. The molecule has 2 heterocycles. The zero-order chi connectivity index (χ0) is 17.4. The lowest BCUT2D eigenvalue weighted by molar-refractivity contribution is -0.749. The number of amidine groups is 1. The first-order chi connectivity index (χ1) is 11.4. The number of aryl methyl sites for hydroxylation is 2. The Morgan fingerprint density at radius 2 is 1.83 bits per heavy atom. The van der Waals surface area contributed by atoms with Gasteiger partial charge >= 0.3 is 11.7 Å². The Labute approximate surface area is 137 Å². The highest BCUT2D eigenvalue weighted by Gasteiger charge is 2.23. The summed E-state index contributed by atoms with van der Waals surface area (Å²) in [6.45, 7) is 0. The number of carbonyl (C=O) groups is 1. The van der Waals surface area contributed by atoms with Gasteiger partial charge in [-0.15, -0.1) is 5.10 Å². The molecule has 0 saturated carbocycles. The van der Waals surface area contributed by atoms with Gasteiger partial charge in [-0.25, -0.2) is 14.8 Å². The van der Waals surface area contributed by atoms with Crippen LogP contribution in [0.1, 0.15) is 5.56 Å². The van der Waals surface area contributed by atoms with E-state index in [4.69, 9.17) is 0 Å². The highest BCUT2D eigenvalue weighted by atomic mass is 16.2. The molecule has 10 heteroatoms. The molecule has 1 aliphatic rings. The third-order valence-electron chi connectivity index (χ3n) is 3.52. The highest BCUT2D eigenvalue weighted by molar-refractivity contribution is 6.02. The summed E-state index contributed by atoms with van der Waals surface area (Å²) in [5.74, 6) is 0.936. The first-order valence-corrected chi connectivity index (χ1v) is 7.16. The third-order valence-corrected chi connectivity index (χ3v) is 3.52. The second-order valence-electron chi connectivity index (χ2n) is 5.36. The number of hydrazine groups is 1. The molecule has 1 aromatic heterocycles. The van der Waals surface area contributed by atoms with E-state index in [1.165, 1.54) is 19.4 Å². The van der Waals surface area contributed by atoms with E-state index in [-0.39, 0.29) is 11.7 Å². The molecule has 3 rings (SSSR count). The molecular weight excluding hydrogens is 312 g/mol. The van der Waals surface area contributed by atoms with E-state index >= 15 is 0 Å². The molecule has 1 N–H and O–H groups in total. The van der Waals surface area contributed by atoms with Crippen molar-refractivity contribution in [3.05, 3.63) is 40.3 Å². The summed E-state index contributed by atoms with van der Waals surface area (Å²) in [5, 5.41) is 15.1. The molecule has 2 amide bonds. The van der Waals surface area contributed by atoms with Crippen molar-refractivity contribution in [2.45, 2.75) is 0 Å². The zero-order valence-electron chi connectivity index (χ0n) is 13.8. The van der Waals surface area contributed by atoms with Crippen LogP contribution in [0, 0.1) is 0 Å². The standard InChI is InChI=1S/C14H17N8O2/c1-19-13(23)20(2)16-11(15-19)9-6-5-7-10(8-9)12-17-21(3)14(24)22(4)18-12/h5-8H,1-4H3,(H,15,16)/q+1. The van der Waals surface area contributed by atoms with Crippen molar-refractivity contribution >= 4 is 11.9 Å². The summed E-state index contributed by atoms with van der Waals surface area (Å²) in [7, 11) is 6.34. The van der Waals surface area contributed by atoms with Gasteiger partial charge in [-0.3, -0.25) is 5.43 Å². The van der Waals surface area contributed by atoms with E-state index in [0.29, 0.717) is 11.7 Å². The molecule has 0 atom stereocenters. The Morgan fingerprint density at radius 1 is 1.12 bits per heavy atom. The maximum absolute atomic E-state index is 11.7. The van der Waals surface area contributed by atoms with Gasteiger partial charge in [0.15, 0.2) is 5.84 Å². The summed E-state index contributed by atoms with van der Waals surface area (Å²) in [5.41, 5.74) is 4.09. The number of hydrogen-bond donors (Lipinski definition) is 1. The Balaban J connectivity index is 2.03. The van der Waals surface area contributed by atoms with E-state index < -0.39 is 0 Å². The summed E-state index contributed by atoms with van der Waals surface area (Å²) in [6, 6.07) is 7.10. The van der Waals surface area contributed by atoms with Crippen LogP contribution in [0.15, 0.2) is 34.2 Å². The second kappa shape index (κ2) is 5.72. The van der Waals surface area contributed by atoms with Crippen molar-refractivity contribution < 1.29 is 9.48 Å². The van der Waals surface area contributed by atoms with Gasteiger partial charge in [-0.05, 0) is 6.07 Å². The minimum atomic E-state index is -0.310. The molecule has 0 spiro atoms. The molecule has 124 valence electrons. The zero-order valence-corrected chi connectivity index (χ0v) is 13.8. The summed E-state index contributed by atoms with van der Waals surface area (Å²) in [6.07, 6.45) is 0. The number of nitrogens with zero attached hydrogens (tertiary/aromatic N) is 7. The molecule has 24 heavy (non-hydrogen) atoms. The number of nitrogens with one attached hydrogen (secondary N) is 1.